The first kappa shape index (κ1) is 86.8. The third-order valence-electron chi connectivity index (χ3n) is 19.9. The Morgan fingerprint density at radius 2 is 0.432 bits per heavy atom. The molecular formula is C81H164N4O3. The molecule has 0 rings (SSSR count). The monoisotopic (exact) mass is 1240 g/mol. The summed E-state index contributed by atoms with van der Waals surface area (Å²) >= 11 is 0. The van der Waals surface area contributed by atoms with E-state index in [2.05, 4.69) is 61.6 Å². The molecule has 88 heavy (non-hydrogen) atoms. The predicted molar refractivity (Wildman–Crippen MR) is 393 cm³/mol. The van der Waals surface area contributed by atoms with E-state index in [0.717, 1.165) is 77.7 Å². The van der Waals surface area contributed by atoms with Crippen molar-refractivity contribution in [3.05, 3.63) is 0 Å². The van der Waals surface area contributed by atoms with E-state index in [1.165, 1.54) is 373 Å². The van der Waals surface area contributed by atoms with Gasteiger partial charge in [-0.3, -0.25) is 9.69 Å². The molecule has 7 heteroatoms. The highest BCUT2D eigenvalue weighted by Gasteiger charge is 2.29. The summed E-state index contributed by atoms with van der Waals surface area (Å²) in [4.78, 5) is 36.3. The normalized spacial score (nSPS) is 12.6. The molecule has 0 aliphatic rings. The lowest BCUT2D eigenvalue weighted by Gasteiger charge is -2.32. The van der Waals surface area contributed by atoms with Crippen molar-refractivity contribution in [1.29, 1.82) is 0 Å². The molecule has 0 aliphatic heterocycles. The molecule has 1 amide bonds. The molecule has 526 valence electrons. The minimum absolute atomic E-state index is 0.0132. The van der Waals surface area contributed by atoms with Crippen LogP contribution in [-0.2, 0) is 9.59 Å². The van der Waals surface area contributed by atoms with E-state index in [1.54, 1.807) is 0 Å². The van der Waals surface area contributed by atoms with Crippen molar-refractivity contribution in [2.75, 3.05) is 52.4 Å². The Hall–Kier alpha value is -1.18. The number of carbonyl (C=O) groups excluding carboxylic acids is 1. The van der Waals surface area contributed by atoms with Crippen molar-refractivity contribution in [3.8, 4) is 0 Å². The summed E-state index contributed by atoms with van der Waals surface area (Å²) < 4.78 is 0. The topological polar surface area (TPSA) is 76.1 Å². The van der Waals surface area contributed by atoms with E-state index in [9.17, 15) is 9.90 Å². The van der Waals surface area contributed by atoms with Crippen LogP contribution in [0.3, 0.4) is 0 Å². The van der Waals surface area contributed by atoms with Crippen molar-refractivity contribution < 1.29 is 14.7 Å². The number of carboxylic acid groups (broad SMARTS) is 1. The van der Waals surface area contributed by atoms with Crippen molar-refractivity contribution in [3.63, 3.8) is 0 Å². The van der Waals surface area contributed by atoms with E-state index in [4.69, 9.17) is 0 Å². The molecule has 2 unspecified atom stereocenters. The van der Waals surface area contributed by atoms with Crippen LogP contribution in [0.25, 0.3) is 0 Å². The molecule has 0 aromatic carbocycles. The van der Waals surface area contributed by atoms with Gasteiger partial charge in [-0.05, 0) is 123 Å². The minimum Gasteiger partial charge on any atom is -0.480 e. The van der Waals surface area contributed by atoms with Crippen molar-refractivity contribution in [2.45, 2.75) is 458 Å². The number of nitrogens with one attached hydrogen (secondary N) is 1. The lowest BCUT2D eigenvalue weighted by molar-refractivity contribution is -0.143. The van der Waals surface area contributed by atoms with Crippen LogP contribution in [0.5, 0.6) is 0 Å². The molecule has 0 aromatic rings. The molecule has 2 atom stereocenters. The number of hydrogen-bond acceptors (Lipinski definition) is 5. The van der Waals surface area contributed by atoms with Gasteiger partial charge in [-0.2, -0.15) is 0 Å². The number of aliphatic carboxylic acids is 1. The molecule has 0 bridgehead atoms. The average Bonchev–Trinajstić information content (AvgIpc) is 3.52. The predicted octanol–water partition coefficient (Wildman–Crippen LogP) is 25.5. The van der Waals surface area contributed by atoms with E-state index in [0.29, 0.717) is 6.42 Å². The molecular weight excluding hydrogens is 1080 g/mol. The Labute approximate surface area is 554 Å². The number of unbranched alkanes of at least 4 members (excludes halogenated alkanes) is 53. The number of amides is 1. The molecule has 0 saturated heterocycles. The van der Waals surface area contributed by atoms with Gasteiger partial charge < -0.3 is 20.2 Å². The Bertz CT molecular complexity index is 1300. The van der Waals surface area contributed by atoms with Gasteiger partial charge in [0.15, 0.2) is 0 Å². The summed E-state index contributed by atoms with van der Waals surface area (Å²) in [6.07, 6.45) is 82.0. The summed E-state index contributed by atoms with van der Waals surface area (Å²) in [5, 5.41) is 14.1. The maximum absolute atomic E-state index is 15.0. The van der Waals surface area contributed by atoms with Crippen molar-refractivity contribution >= 4 is 11.9 Å². The zero-order valence-electron chi connectivity index (χ0n) is 61.5. The number of hydrogen-bond donors (Lipinski definition) is 2. The summed E-state index contributed by atoms with van der Waals surface area (Å²) in [5.74, 6) is -0.871. The van der Waals surface area contributed by atoms with Crippen molar-refractivity contribution in [2.24, 2.45) is 0 Å². The van der Waals surface area contributed by atoms with Gasteiger partial charge in [0.1, 0.15) is 6.04 Å². The van der Waals surface area contributed by atoms with Gasteiger partial charge in [0, 0.05) is 0 Å². The van der Waals surface area contributed by atoms with Gasteiger partial charge in [-0.15, -0.1) is 0 Å². The highest BCUT2D eigenvalue weighted by molar-refractivity contribution is 5.86. The molecule has 2 N–H and O–H groups in total. The Morgan fingerprint density at radius 3 is 0.648 bits per heavy atom. The van der Waals surface area contributed by atoms with Gasteiger partial charge in [-0.25, -0.2) is 4.79 Å². The summed E-state index contributed by atoms with van der Waals surface area (Å²) in [7, 11) is 0. The smallest absolute Gasteiger partial charge is 0.326 e. The zero-order valence-corrected chi connectivity index (χ0v) is 61.5. The zero-order chi connectivity index (χ0) is 64.0. The van der Waals surface area contributed by atoms with Crippen LogP contribution in [0.2, 0.25) is 0 Å². The van der Waals surface area contributed by atoms with E-state index in [-0.39, 0.29) is 11.9 Å². The molecule has 0 aliphatic carbocycles. The highest BCUT2D eigenvalue weighted by atomic mass is 16.4. The molecule has 0 aromatic heterocycles. The summed E-state index contributed by atoms with van der Waals surface area (Å²) in [6, 6.07) is -1.10. The van der Waals surface area contributed by atoms with Crippen LogP contribution in [-0.4, -0.2) is 96.1 Å². The first-order valence-corrected chi connectivity index (χ1v) is 41.1. The molecule has 7 nitrogen and oxygen atoms in total. The fourth-order valence-electron chi connectivity index (χ4n) is 13.8. The van der Waals surface area contributed by atoms with Crippen molar-refractivity contribution in [1.82, 2.24) is 20.0 Å². The fraction of sp³-hybridized carbons (Fsp3) is 0.975. The second-order valence-electron chi connectivity index (χ2n) is 28.7. The molecule has 0 radical (unpaired) electrons. The maximum atomic E-state index is 15.0. The number of nitrogens with zero attached hydrogens (tertiary/aromatic N) is 3. The summed E-state index contributed by atoms with van der Waals surface area (Å²) in [6.45, 7) is 22.6. The van der Waals surface area contributed by atoms with E-state index >= 15 is 4.79 Å². The third-order valence-corrected chi connectivity index (χ3v) is 19.9. The molecule has 0 saturated carbocycles. The van der Waals surface area contributed by atoms with Crippen LogP contribution < -0.4 is 5.32 Å². The Kier molecular flexibility index (Phi) is 72.3. The first-order valence-electron chi connectivity index (χ1n) is 41.1. The number of rotatable bonds is 77. The van der Waals surface area contributed by atoms with E-state index in [1.807, 2.05) is 0 Å². The molecule has 0 heterocycles. The average molecular weight is 1240 g/mol. The molecule has 0 spiro atoms. The fourth-order valence-corrected chi connectivity index (χ4v) is 13.8. The van der Waals surface area contributed by atoms with Gasteiger partial charge >= 0.3 is 5.97 Å². The SMILES string of the molecule is CCCCCCCCCCCCN(CCCCCCCCCCC)CCCCC(NC(=O)C(CCCCN(CCCCCCCCCCC)CCCCCCCCCCC)N(CCCCCCCCCCCC)CCCCCCCCCCCC)C(=O)O. The van der Waals surface area contributed by atoms with Crippen LogP contribution >= 0.6 is 0 Å². The van der Waals surface area contributed by atoms with Gasteiger partial charge in [0.05, 0.1) is 6.04 Å². The standard InChI is InChI=1S/C81H164N4O3/c1-7-13-19-25-31-37-43-49-55-61-71-83(70-60-52-46-40-34-28-22-16-10-4)74-66-58-68-78(81(87)88)82-80(86)79(85(76-64-56-50-44-38-32-26-20-14-8-2)77-65-57-51-45-39-33-27-21-15-9-3)69-59-67-75-84(72-62-53-47-41-35-29-23-17-11-5)73-63-54-48-42-36-30-24-18-12-6/h78-79H,7-77H2,1-6H3,(H,82,86)(H,87,88). The highest BCUT2D eigenvalue weighted by Crippen LogP contribution is 2.21. The minimum atomic E-state index is -0.858. The van der Waals surface area contributed by atoms with Crippen LogP contribution in [0.4, 0.5) is 0 Å². The Balaban J connectivity index is 6.22. The Morgan fingerprint density at radius 1 is 0.250 bits per heavy atom. The van der Waals surface area contributed by atoms with Crippen LogP contribution in [0.1, 0.15) is 446 Å². The quantitative estimate of drug-likeness (QED) is 0.0591. The van der Waals surface area contributed by atoms with Gasteiger partial charge in [0.2, 0.25) is 5.91 Å². The third kappa shape index (κ3) is 62.3. The van der Waals surface area contributed by atoms with Gasteiger partial charge in [0.25, 0.3) is 0 Å². The van der Waals surface area contributed by atoms with Crippen LogP contribution in [0.15, 0.2) is 0 Å². The van der Waals surface area contributed by atoms with Gasteiger partial charge in [-0.1, -0.05) is 375 Å². The van der Waals surface area contributed by atoms with Crippen LogP contribution in [0, 0.1) is 0 Å². The first-order chi connectivity index (χ1) is 43.4. The van der Waals surface area contributed by atoms with E-state index < -0.39 is 12.0 Å². The molecule has 0 fully saturated rings. The number of carbonyl (C=O) groups is 2. The summed E-state index contributed by atoms with van der Waals surface area (Å²) in [5.41, 5.74) is 0. The second-order valence-corrected chi connectivity index (χ2v) is 28.7. The second kappa shape index (κ2) is 73.2. The lowest BCUT2D eigenvalue weighted by atomic mass is 10.0. The number of carboxylic acids is 1. The lowest BCUT2D eigenvalue weighted by Crippen LogP contribution is -2.52. The largest absolute Gasteiger partial charge is 0.480 e. The maximum Gasteiger partial charge on any atom is 0.326 e.